The summed E-state index contributed by atoms with van der Waals surface area (Å²) in [5, 5.41) is 8.15. The highest BCUT2D eigenvalue weighted by atomic mass is 35.5. The van der Waals surface area contributed by atoms with E-state index in [4.69, 9.17) is 11.6 Å². The van der Waals surface area contributed by atoms with Crippen LogP contribution in [0.25, 0.3) is 10.6 Å². The summed E-state index contributed by atoms with van der Waals surface area (Å²) in [5.41, 5.74) is 2.03. The maximum absolute atomic E-state index is 12.2. The normalized spacial score (nSPS) is 17.6. The smallest absolute Gasteiger partial charge is 0.220 e. The van der Waals surface area contributed by atoms with Gasteiger partial charge in [0.1, 0.15) is 5.01 Å². The third-order valence-corrected chi connectivity index (χ3v) is 6.28. The summed E-state index contributed by atoms with van der Waals surface area (Å²) in [4.78, 5) is 18.0. The van der Waals surface area contributed by atoms with Crippen LogP contribution in [0, 0.1) is 12.8 Å². The Bertz CT molecular complexity index is 727. The Kier molecular flexibility index (Phi) is 7.89. The predicted octanol–water partition coefficient (Wildman–Crippen LogP) is 4.76. The summed E-state index contributed by atoms with van der Waals surface area (Å²) in [7, 11) is 0. The van der Waals surface area contributed by atoms with Crippen LogP contribution in [-0.4, -0.2) is 24.0 Å². The van der Waals surface area contributed by atoms with Gasteiger partial charge in [0.25, 0.3) is 0 Å². The molecule has 0 spiro atoms. The van der Waals surface area contributed by atoms with E-state index >= 15 is 0 Å². The Morgan fingerprint density at radius 2 is 2.15 bits per heavy atom. The fourth-order valence-electron chi connectivity index (χ4n) is 3.20. The average Bonchev–Trinajstić information content (AvgIpc) is 3.23. The Balaban J connectivity index is 0.00000243. The molecule has 0 bridgehead atoms. The van der Waals surface area contributed by atoms with Gasteiger partial charge in [0.05, 0.1) is 16.6 Å². The van der Waals surface area contributed by atoms with E-state index < -0.39 is 0 Å². The number of amides is 1. The number of aryl methyl sites for hydroxylation is 1. The van der Waals surface area contributed by atoms with E-state index in [2.05, 4.69) is 15.6 Å². The Morgan fingerprint density at radius 1 is 1.42 bits per heavy atom. The van der Waals surface area contributed by atoms with Crippen LogP contribution in [0.4, 0.5) is 0 Å². The molecule has 2 N–H and O–H groups in total. The number of carbonyl (C=O) groups is 1. The van der Waals surface area contributed by atoms with Gasteiger partial charge in [-0.1, -0.05) is 23.7 Å². The SMILES string of the molecule is Cc1nc(-c2ccc(Cl)cc2)sc1C(C)NC(=O)CCC1CCNC1.Cl. The van der Waals surface area contributed by atoms with E-state index in [0.717, 1.165) is 45.7 Å². The zero-order valence-electron chi connectivity index (χ0n) is 15.0. The van der Waals surface area contributed by atoms with Crippen molar-refractivity contribution < 1.29 is 4.79 Å². The summed E-state index contributed by atoms with van der Waals surface area (Å²) in [6.45, 7) is 6.15. The third-order valence-electron chi connectivity index (χ3n) is 4.64. The summed E-state index contributed by atoms with van der Waals surface area (Å²) >= 11 is 7.58. The van der Waals surface area contributed by atoms with Gasteiger partial charge in [-0.2, -0.15) is 0 Å². The van der Waals surface area contributed by atoms with Crippen molar-refractivity contribution in [2.45, 2.75) is 39.2 Å². The average molecular weight is 414 g/mol. The molecule has 26 heavy (non-hydrogen) atoms. The van der Waals surface area contributed by atoms with Gasteiger partial charge in [0.2, 0.25) is 5.91 Å². The van der Waals surface area contributed by atoms with Crippen LogP contribution >= 0.6 is 35.3 Å². The second kappa shape index (κ2) is 9.70. The number of hydrogen-bond acceptors (Lipinski definition) is 4. The van der Waals surface area contributed by atoms with Crippen molar-refractivity contribution >= 4 is 41.3 Å². The molecule has 0 saturated carbocycles. The van der Waals surface area contributed by atoms with Gasteiger partial charge in [0.15, 0.2) is 0 Å². The first-order chi connectivity index (χ1) is 12.0. The maximum atomic E-state index is 12.2. The zero-order chi connectivity index (χ0) is 17.8. The van der Waals surface area contributed by atoms with E-state index in [9.17, 15) is 4.79 Å². The zero-order valence-corrected chi connectivity index (χ0v) is 17.4. The van der Waals surface area contributed by atoms with Crippen LogP contribution in [0.2, 0.25) is 5.02 Å². The highest BCUT2D eigenvalue weighted by molar-refractivity contribution is 7.15. The topological polar surface area (TPSA) is 54.0 Å². The van der Waals surface area contributed by atoms with Crippen LogP contribution in [0.3, 0.4) is 0 Å². The molecule has 2 heterocycles. The molecule has 4 nitrogen and oxygen atoms in total. The molecule has 1 fully saturated rings. The molecule has 0 aliphatic carbocycles. The van der Waals surface area contributed by atoms with E-state index in [-0.39, 0.29) is 24.4 Å². The highest BCUT2D eigenvalue weighted by Crippen LogP contribution is 2.32. The fourth-order valence-corrected chi connectivity index (χ4v) is 4.40. The first kappa shape index (κ1) is 21.2. The number of carbonyl (C=O) groups excluding carboxylic acids is 1. The second-order valence-corrected chi connectivity index (χ2v) is 8.13. The van der Waals surface area contributed by atoms with Gasteiger partial charge in [0, 0.05) is 17.0 Å². The standard InChI is InChI=1S/C19H24ClN3OS.ClH/c1-12(22-17(24)8-3-14-9-10-21-11-14)18-13(2)23-19(25-18)15-4-6-16(20)7-5-15;/h4-7,12,14,21H,3,8-11H2,1-2H3,(H,22,24);1H. The summed E-state index contributed by atoms with van der Waals surface area (Å²) in [5.74, 6) is 0.767. The van der Waals surface area contributed by atoms with E-state index in [1.165, 1.54) is 6.42 Å². The molecule has 0 radical (unpaired) electrons. The van der Waals surface area contributed by atoms with E-state index in [1.54, 1.807) is 11.3 Å². The van der Waals surface area contributed by atoms with Crippen LogP contribution < -0.4 is 10.6 Å². The Labute approximate surface area is 170 Å². The molecule has 2 unspecified atom stereocenters. The lowest BCUT2D eigenvalue weighted by atomic mass is 10.0. The Hall–Kier alpha value is -1.14. The summed E-state index contributed by atoms with van der Waals surface area (Å²) < 4.78 is 0. The minimum absolute atomic E-state index is 0. The largest absolute Gasteiger partial charge is 0.349 e. The Morgan fingerprint density at radius 3 is 2.81 bits per heavy atom. The lowest BCUT2D eigenvalue weighted by Crippen LogP contribution is -2.27. The first-order valence-electron chi connectivity index (χ1n) is 8.76. The molecule has 1 saturated heterocycles. The first-order valence-corrected chi connectivity index (χ1v) is 9.95. The van der Waals surface area contributed by atoms with Crippen molar-refractivity contribution in [1.29, 1.82) is 0 Å². The predicted molar refractivity (Wildman–Crippen MR) is 111 cm³/mol. The van der Waals surface area contributed by atoms with Crippen molar-refractivity contribution in [3.05, 3.63) is 39.9 Å². The molecular formula is C19H25Cl2N3OS. The molecule has 2 aromatic rings. The van der Waals surface area contributed by atoms with Crippen LogP contribution in [-0.2, 0) is 4.79 Å². The monoisotopic (exact) mass is 413 g/mol. The highest BCUT2D eigenvalue weighted by Gasteiger charge is 2.19. The number of rotatable bonds is 6. The third kappa shape index (κ3) is 5.43. The summed E-state index contributed by atoms with van der Waals surface area (Å²) in [6.07, 6.45) is 2.74. The molecular weight excluding hydrogens is 389 g/mol. The van der Waals surface area contributed by atoms with Crippen molar-refractivity contribution in [2.75, 3.05) is 13.1 Å². The number of nitrogens with one attached hydrogen (secondary N) is 2. The number of thiazole rings is 1. The lowest BCUT2D eigenvalue weighted by molar-refractivity contribution is -0.122. The molecule has 2 atom stereocenters. The van der Waals surface area contributed by atoms with E-state index in [1.807, 2.05) is 38.1 Å². The molecule has 1 aliphatic heterocycles. The van der Waals surface area contributed by atoms with Crippen molar-refractivity contribution in [3.63, 3.8) is 0 Å². The number of hydrogen-bond donors (Lipinski definition) is 2. The van der Waals surface area contributed by atoms with Gasteiger partial charge in [-0.15, -0.1) is 23.7 Å². The molecule has 1 aromatic heterocycles. The van der Waals surface area contributed by atoms with Gasteiger partial charge in [-0.25, -0.2) is 4.98 Å². The number of halogens is 2. The molecule has 7 heteroatoms. The van der Waals surface area contributed by atoms with Crippen molar-refractivity contribution in [3.8, 4) is 10.6 Å². The van der Waals surface area contributed by atoms with Gasteiger partial charge in [-0.05, 0) is 57.8 Å². The summed E-state index contributed by atoms with van der Waals surface area (Å²) in [6, 6.07) is 7.67. The van der Waals surface area contributed by atoms with Crippen LogP contribution in [0.5, 0.6) is 0 Å². The minimum atomic E-state index is -0.0206. The van der Waals surface area contributed by atoms with E-state index in [0.29, 0.717) is 12.3 Å². The number of nitrogens with zero attached hydrogens (tertiary/aromatic N) is 1. The van der Waals surface area contributed by atoms with Gasteiger partial charge < -0.3 is 10.6 Å². The minimum Gasteiger partial charge on any atom is -0.349 e. The van der Waals surface area contributed by atoms with Crippen molar-refractivity contribution in [2.24, 2.45) is 5.92 Å². The molecule has 1 aliphatic rings. The van der Waals surface area contributed by atoms with Gasteiger partial charge in [-0.3, -0.25) is 4.79 Å². The molecule has 142 valence electrons. The second-order valence-electron chi connectivity index (χ2n) is 6.66. The molecule has 1 aromatic carbocycles. The molecule has 3 rings (SSSR count). The van der Waals surface area contributed by atoms with Crippen LogP contribution in [0.15, 0.2) is 24.3 Å². The molecule has 1 amide bonds. The quantitative estimate of drug-likeness (QED) is 0.717. The number of benzene rings is 1. The maximum Gasteiger partial charge on any atom is 0.220 e. The van der Waals surface area contributed by atoms with Gasteiger partial charge >= 0.3 is 0 Å². The lowest BCUT2D eigenvalue weighted by Gasteiger charge is -2.14. The fraction of sp³-hybridized carbons (Fsp3) is 0.474. The van der Waals surface area contributed by atoms with Crippen molar-refractivity contribution in [1.82, 2.24) is 15.6 Å². The number of aromatic nitrogens is 1. The van der Waals surface area contributed by atoms with Crippen LogP contribution in [0.1, 0.15) is 42.8 Å².